The van der Waals surface area contributed by atoms with Gasteiger partial charge in [0, 0.05) is 23.7 Å². The maximum atomic E-state index is 14.4. The summed E-state index contributed by atoms with van der Waals surface area (Å²) < 4.78 is 29.8. The maximum Gasteiger partial charge on any atom is 0.251 e. The monoisotopic (exact) mass is 523 g/mol. The number of benzene rings is 2. The number of nitrogens with zero attached hydrogens (tertiary/aromatic N) is 3. The highest BCUT2D eigenvalue weighted by molar-refractivity contribution is 7.99. The molecule has 2 aromatic heterocycles. The molecule has 0 aliphatic heterocycles. The third kappa shape index (κ3) is 5.75. The van der Waals surface area contributed by atoms with Gasteiger partial charge in [-0.3, -0.25) is 4.79 Å². The highest BCUT2D eigenvalue weighted by Crippen LogP contribution is 2.33. The van der Waals surface area contributed by atoms with Gasteiger partial charge in [0.15, 0.2) is 5.65 Å². The zero-order valence-corrected chi connectivity index (χ0v) is 21.5. The molecule has 1 aliphatic carbocycles. The smallest absolute Gasteiger partial charge is 0.251 e. The molecular formula is C27H27F2N5O2S. The molecule has 3 N–H and O–H groups in total. The van der Waals surface area contributed by atoms with Crippen LogP contribution in [0.15, 0.2) is 58.6 Å². The quantitative estimate of drug-likeness (QED) is 0.294. The second-order valence-electron chi connectivity index (χ2n) is 9.90. The standard InChI is InChI=1S/C27H27F2N5O2S/c1-15-10-16(4-8-19(15)26(35)32-18-6-7-18)22-13-30-25-21(31-14-27(2,3)36)12-24(33-34(22)25)37-23-11-17(28)5-9-20(23)29/h4-5,8-13,18,31,36H,6-7,14H2,1-3H3,(H,32,35). The Hall–Kier alpha value is -3.50. The predicted molar refractivity (Wildman–Crippen MR) is 139 cm³/mol. The average Bonchev–Trinajstić information content (AvgIpc) is 3.54. The minimum atomic E-state index is -0.994. The first kappa shape index (κ1) is 25.2. The van der Waals surface area contributed by atoms with Gasteiger partial charge in [-0.15, -0.1) is 0 Å². The topological polar surface area (TPSA) is 91.6 Å². The number of aromatic nitrogens is 3. The van der Waals surface area contributed by atoms with Crippen LogP contribution in [0.2, 0.25) is 0 Å². The molecule has 0 bridgehead atoms. The lowest BCUT2D eigenvalue weighted by atomic mass is 10.0. The molecule has 1 amide bonds. The number of amides is 1. The van der Waals surface area contributed by atoms with Crippen molar-refractivity contribution >= 4 is 29.0 Å². The number of aliphatic hydroxyl groups is 1. The Balaban J connectivity index is 1.55. The summed E-state index contributed by atoms with van der Waals surface area (Å²) in [4.78, 5) is 17.2. The van der Waals surface area contributed by atoms with Crippen LogP contribution >= 0.6 is 11.8 Å². The van der Waals surface area contributed by atoms with Crippen LogP contribution in [-0.4, -0.2) is 43.8 Å². The second kappa shape index (κ2) is 9.75. The zero-order valence-electron chi connectivity index (χ0n) is 20.7. The summed E-state index contributed by atoms with van der Waals surface area (Å²) in [7, 11) is 0. The Morgan fingerprint density at radius 1 is 1.19 bits per heavy atom. The molecule has 0 saturated heterocycles. The number of hydrogen-bond donors (Lipinski definition) is 3. The third-order valence-electron chi connectivity index (χ3n) is 5.94. The average molecular weight is 524 g/mol. The largest absolute Gasteiger partial charge is 0.389 e. The number of rotatable bonds is 8. The molecule has 7 nitrogen and oxygen atoms in total. The Labute approximate surface area is 217 Å². The van der Waals surface area contributed by atoms with Gasteiger partial charge < -0.3 is 15.7 Å². The van der Waals surface area contributed by atoms with Crippen molar-refractivity contribution < 1.29 is 18.7 Å². The van der Waals surface area contributed by atoms with Gasteiger partial charge in [-0.25, -0.2) is 18.3 Å². The number of hydrogen-bond acceptors (Lipinski definition) is 6. The lowest BCUT2D eigenvalue weighted by molar-refractivity contribution is 0.0940. The third-order valence-corrected chi connectivity index (χ3v) is 6.89. The number of nitrogens with one attached hydrogen (secondary N) is 2. The van der Waals surface area contributed by atoms with Crippen molar-refractivity contribution in [3.63, 3.8) is 0 Å². The molecule has 1 aliphatic rings. The van der Waals surface area contributed by atoms with Gasteiger partial charge in [-0.05, 0) is 75.6 Å². The van der Waals surface area contributed by atoms with E-state index < -0.39 is 17.2 Å². The molecule has 1 saturated carbocycles. The van der Waals surface area contributed by atoms with Crippen molar-refractivity contribution in [2.75, 3.05) is 11.9 Å². The lowest BCUT2D eigenvalue weighted by Crippen LogP contribution is -2.29. The molecule has 0 spiro atoms. The normalized spacial score (nSPS) is 13.7. The van der Waals surface area contributed by atoms with Crippen LogP contribution in [0.5, 0.6) is 0 Å². The second-order valence-corrected chi connectivity index (χ2v) is 11.0. The van der Waals surface area contributed by atoms with Gasteiger partial charge in [-0.1, -0.05) is 17.8 Å². The van der Waals surface area contributed by atoms with Crippen molar-refractivity contribution in [1.29, 1.82) is 0 Å². The van der Waals surface area contributed by atoms with E-state index in [9.17, 15) is 18.7 Å². The molecule has 1 fully saturated rings. The summed E-state index contributed by atoms with van der Waals surface area (Å²) in [6.45, 7) is 5.47. The fourth-order valence-electron chi connectivity index (χ4n) is 3.87. The van der Waals surface area contributed by atoms with Crippen LogP contribution in [0.4, 0.5) is 14.5 Å². The minimum absolute atomic E-state index is 0.0864. The van der Waals surface area contributed by atoms with Gasteiger partial charge in [0.25, 0.3) is 5.91 Å². The van der Waals surface area contributed by atoms with Crippen LogP contribution in [0.3, 0.4) is 0 Å². The van der Waals surface area contributed by atoms with Crippen molar-refractivity contribution in [3.8, 4) is 11.3 Å². The molecule has 37 heavy (non-hydrogen) atoms. The molecule has 0 radical (unpaired) electrons. The van der Waals surface area contributed by atoms with Crippen LogP contribution in [-0.2, 0) is 0 Å². The number of imidazole rings is 1. The van der Waals surface area contributed by atoms with Gasteiger partial charge in [0.05, 0.1) is 28.1 Å². The van der Waals surface area contributed by atoms with Gasteiger partial charge in [0.2, 0.25) is 0 Å². The van der Waals surface area contributed by atoms with E-state index in [0.29, 0.717) is 27.6 Å². The van der Waals surface area contributed by atoms with Crippen molar-refractivity contribution in [2.45, 2.75) is 55.2 Å². The van der Waals surface area contributed by atoms with Crippen molar-refractivity contribution in [2.24, 2.45) is 0 Å². The summed E-state index contributed by atoms with van der Waals surface area (Å²) in [5, 5.41) is 21.5. The highest BCUT2D eigenvalue weighted by Gasteiger charge is 2.25. The Kier molecular flexibility index (Phi) is 6.63. The summed E-state index contributed by atoms with van der Waals surface area (Å²) in [6.07, 6.45) is 3.70. The summed E-state index contributed by atoms with van der Waals surface area (Å²) in [5.74, 6) is -1.19. The van der Waals surface area contributed by atoms with Gasteiger partial charge >= 0.3 is 0 Å². The van der Waals surface area contributed by atoms with Crippen LogP contribution in [0.1, 0.15) is 42.6 Å². The Morgan fingerprint density at radius 2 is 1.97 bits per heavy atom. The SMILES string of the molecule is Cc1cc(-c2cnc3c(NCC(C)(C)O)cc(Sc4cc(F)ccc4F)nn23)ccc1C(=O)NC1CC1. The molecule has 192 valence electrons. The molecule has 5 rings (SSSR count). The number of fused-ring (bicyclic) bond motifs is 1. The fraction of sp³-hybridized carbons (Fsp3) is 0.296. The molecule has 2 aromatic carbocycles. The first-order valence-corrected chi connectivity index (χ1v) is 12.8. The number of halogens is 2. The van der Waals surface area contributed by atoms with E-state index in [1.165, 1.54) is 0 Å². The van der Waals surface area contributed by atoms with Gasteiger partial charge in [-0.2, -0.15) is 5.10 Å². The molecule has 2 heterocycles. The minimum Gasteiger partial charge on any atom is -0.389 e. The first-order chi connectivity index (χ1) is 17.6. The van der Waals surface area contributed by atoms with Crippen LogP contribution < -0.4 is 10.6 Å². The zero-order chi connectivity index (χ0) is 26.3. The number of carbonyl (C=O) groups is 1. The highest BCUT2D eigenvalue weighted by atomic mass is 32.2. The summed E-state index contributed by atoms with van der Waals surface area (Å²) in [6, 6.07) is 10.8. The first-order valence-electron chi connectivity index (χ1n) is 12.0. The Bertz CT molecular complexity index is 1490. The molecule has 0 unspecified atom stereocenters. The van der Waals surface area contributed by atoms with Crippen LogP contribution in [0, 0.1) is 18.6 Å². The van der Waals surface area contributed by atoms with E-state index in [0.717, 1.165) is 53.9 Å². The fourth-order valence-corrected chi connectivity index (χ4v) is 4.73. The van der Waals surface area contributed by atoms with E-state index in [4.69, 9.17) is 0 Å². The molecular weight excluding hydrogens is 496 g/mol. The van der Waals surface area contributed by atoms with E-state index >= 15 is 0 Å². The van der Waals surface area contributed by atoms with E-state index in [1.807, 2.05) is 19.1 Å². The van der Waals surface area contributed by atoms with Gasteiger partial charge in [0.1, 0.15) is 16.7 Å². The number of anilines is 1. The Morgan fingerprint density at radius 3 is 2.68 bits per heavy atom. The summed E-state index contributed by atoms with van der Waals surface area (Å²) >= 11 is 0.989. The molecule has 0 atom stereocenters. The summed E-state index contributed by atoms with van der Waals surface area (Å²) in [5.41, 5.74) is 3.00. The van der Waals surface area contributed by atoms with Crippen molar-refractivity contribution in [3.05, 3.63) is 71.4 Å². The van der Waals surface area contributed by atoms with Crippen molar-refractivity contribution in [1.82, 2.24) is 19.9 Å². The lowest BCUT2D eigenvalue weighted by Gasteiger charge is -2.19. The van der Waals surface area contributed by atoms with E-state index in [-0.39, 0.29) is 23.4 Å². The maximum absolute atomic E-state index is 14.4. The van der Waals surface area contributed by atoms with E-state index in [1.54, 1.807) is 36.7 Å². The van der Waals surface area contributed by atoms with Crippen LogP contribution in [0.25, 0.3) is 16.9 Å². The number of carbonyl (C=O) groups excluding carboxylic acids is 1. The molecule has 4 aromatic rings. The molecule has 10 heteroatoms. The number of aryl methyl sites for hydroxylation is 1. The van der Waals surface area contributed by atoms with E-state index in [2.05, 4.69) is 20.7 Å². The predicted octanol–water partition coefficient (Wildman–Crippen LogP) is 5.21.